The topological polar surface area (TPSA) is 116 Å². The molecule has 0 aromatic heterocycles. The fraction of sp³-hybridized carbons (Fsp3) is 0.289. The average Bonchev–Trinajstić information content (AvgIpc) is 3.63. The normalized spacial score (nSPS) is 15.7. The fourth-order valence-electron chi connectivity index (χ4n) is 5.64. The molecule has 1 amide bonds. The molecule has 10 nitrogen and oxygen atoms in total. The molecule has 4 aromatic rings. The highest BCUT2D eigenvalue weighted by atomic mass is 35.5. The summed E-state index contributed by atoms with van der Waals surface area (Å²) >= 11 is 7.58. The molecule has 0 spiro atoms. The number of carbonyl (C=O) groups is 1. The number of thioether (sulfide) groups is 1. The smallest absolute Gasteiger partial charge is 0.293 e. The van der Waals surface area contributed by atoms with Crippen molar-refractivity contribution in [2.24, 2.45) is 0 Å². The molecule has 50 heavy (non-hydrogen) atoms. The zero-order valence-electron chi connectivity index (χ0n) is 28.3. The quantitative estimate of drug-likeness (QED) is 0.0374. The third kappa shape index (κ3) is 8.52. The minimum absolute atomic E-state index is 0.00779. The van der Waals surface area contributed by atoms with Gasteiger partial charge in [-0.25, -0.2) is 0 Å². The molecule has 1 aliphatic rings. The number of phenols is 1. The number of hydrogen-bond donors (Lipinski definition) is 2. The molecule has 12 heteroatoms. The van der Waals surface area contributed by atoms with Gasteiger partial charge in [-0.15, -0.1) is 5.06 Å². The van der Waals surface area contributed by atoms with E-state index in [2.05, 4.69) is 12.0 Å². The van der Waals surface area contributed by atoms with Crippen molar-refractivity contribution in [1.29, 1.82) is 0 Å². The second-order valence-corrected chi connectivity index (χ2v) is 13.1. The molecule has 4 aromatic carbocycles. The van der Waals surface area contributed by atoms with Crippen molar-refractivity contribution in [1.82, 2.24) is 5.06 Å². The molecule has 2 N–H and O–H groups in total. The lowest BCUT2D eigenvalue weighted by molar-refractivity contribution is -0.0120. The van der Waals surface area contributed by atoms with E-state index >= 15 is 0 Å². The molecule has 1 heterocycles. The van der Waals surface area contributed by atoms with E-state index in [-0.39, 0.29) is 40.3 Å². The standard InChI is InChI=1S/C38H38ClNO9S/c1-23(50-29-14-12-28(39)13-15-29)49-36-24(9-8-16-40(43)38(42)30-10-6-7-11-31(30)41)17-25(18-33(36)44-2)27-21-32(48-22-27)26-19-34(45-3)37(47-5)35(20-26)46-4/h6-7,10-15,17-20,23,27,32,41,43H,9,21-22H2,1-5H3. The number of hydroxylamine groups is 2. The lowest BCUT2D eigenvalue weighted by Gasteiger charge is -2.21. The zero-order chi connectivity index (χ0) is 35.8. The SMILES string of the molecule is COc1cc(C2COC(c3cc(OC)c(OC)c(OC)c3)C2)cc(CC#CN(O)C(=O)c2ccccc2O)c1OC(C)Sc1ccc(Cl)cc1. The molecule has 3 unspecified atom stereocenters. The highest BCUT2D eigenvalue weighted by Gasteiger charge is 2.31. The van der Waals surface area contributed by atoms with Crippen LogP contribution in [0.15, 0.2) is 77.7 Å². The van der Waals surface area contributed by atoms with Crippen LogP contribution in [0.4, 0.5) is 0 Å². The Morgan fingerprint density at radius 2 is 1.58 bits per heavy atom. The summed E-state index contributed by atoms with van der Waals surface area (Å²) in [6.07, 6.45) is 0.528. The van der Waals surface area contributed by atoms with Crippen molar-refractivity contribution in [3.8, 4) is 46.5 Å². The van der Waals surface area contributed by atoms with E-state index in [1.54, 1.807) is 40.6 Å². The second-order valence-electron chi connectivity index (χ2n) is 11.3. The van der Waals surface area contributed by atoms with Crippen LogP contribution in [0.3, 0.4) is 0 Å². The molecule has 262 valence electrons. The molecule has 1 fully saturated rings. The van der Waals surface area contributed by atoms with E-state index in [0.717, 1.165) is 16.0 Å². The fourth-order valence-corrected chi connectivity index (χ4v) is 6.59. The van der Waals surface area contributed by atoms with E-state index in [1.807, 2.05) is 55.5 Å². The minimum Gasteiger partial charge on any atom is -0.507 e. The number of carbonyl (C=O) groups excluding carboxylic acids is 1. The Morgan fingerprint density at radius 1 is 0.940 bits per heavy atom. The molecule has 0 aliphatic carbocycles. The van der Waals surface area contributed by atoms with Crippen molar-refractivity contribution in [2.45, 2.75) is 42.1 Å². The minimum atomic E-state index is -0.854. The van der Waals surface area contributed by atoms with Crippen molar-refractivity contribution >= 4 is 29.3 Å². The molecule has 1 saturated heterocycles. The number of ether oxygens (including phenoxy) is 6. The lowest BCUT2D eigenvalue weighted by Crippen LogP contribution is -2.22. The number of para-hydroxylation sites is 1. The van der Waals surface area contributed by atoms with Gasteiger partial charge < -0.3 is 33.5 Å². The molecule has 0 saturated carbocycles. The zero-order valence-corrected chi connectivity index (χ0v) is 29.8. The number of benzene rings is 4. The van der Waals surface area contributed by atoms with Gasteiger partial charge >= 0.3 is 0 Å². The van der Waals surface area contributed by atoms with Gasteiger partial charge in [0.05, 0.1) is 46.7 Å². The van der Waals surface area contributed by atoms with E-state index in [0.29, 0.717) is 52.4 Å². The largest absolute Gasteiger partial charge is 0.507 e. The third-order valence-corrected chi connectivity index (χ3v) is 9.32. The van der Waals surface area contributed by atoms with Gasteiger partial charge in [0, 0.05) is 33.9 Å². The number of phenolic OH excluding ortho intramolecular Hbond substituents is 1. The first-order valence-electron chi connectivity index (χ1n) is 15.7. The summed E-state index contributed by atoms with van der Waals surface area (Å²) in [6, 6.07) is 23.6. The summed E-state index contributed by atoms with van der Waals surface area (Å²) < 4.78 is 35.2. The average molecular weight is 720 g/mol. The Hall–Kier alpha value is -4.73. The number of nitrogens with zero attached hydrogens (tertiary/aromatic N) is 1. The van der Waals surface area contributed by atoms with Gasteiger partial charge in [0.15, 0.2) is 23.0 Å². The van der Waals surface area contributed by atoms with Crippen LogP contribution in [0.5, 0.6) is 34.5 Å². The summed E-state index contributed by atoms with van der Waals surface area (Å²) in [5, 5.41) is 21.4. The monoisotopic (exact) mass is 719 g/mol. The van der Waals surface area contributed by atoms with Crippen LogP contribution < -0.4 is 23.7 Å². The maximum atomic E-state index is 12.7. The first kappa shape index (κ1) is 36.5. The number of aromatic hydroxyl groups is 1. The first-order valence-corrected chi connectivity index (χ1v) is 16.9. The Morgan fingerprint density at radius 3 is 2.22 bits per heavy atom. The predicted molar refractivity (Wildman–Crippen MR) is 190 cm³/mol. The van der Waals surface area contributed by atoms with Crippen LogP contribution in [0.25, 0.3) is 0 Å². The maximum Gasteiger partial charge on any atom is 0.293 e. The van der Waals surface area contributed by atoms with E-state index in [4.69, 9.17) is 40.0 Å². The molecule has 5 rings (SSSR count). The van der Waals surface area contributed by atoms with Crippen LogP contribution in [-0.4, -0.2) is 61.8 Å². The van der Waals surface area contributed by atoms with Crippen LogP contribution in [0.2, 0.25) is 5.02 Å². The van der Waals surface area contributed by atoms with Gasteiger partial charge in [0.25, 0.3) is 5.91 Å². The Kier molecular flexibility index (Phi) is 12.3. The molecule has 0 bridgehead atoms. The highest BCUT2D eigenvalue weighted by Crippen LogP contribution is 2.46. The number of hydrogen-bond acceptors (Lipinski definition) is 10. The third-order valence-electron chi connectivity index (χ3n) is 8.09. The van der Waals surface area contributed by atoms with Crippen LogP contribution >= 0.6 is 23.4 Å². The molecule has 1 aliphatic heterocycles. The summed E-state index contributed by atoms with van der Waals surface area (Å²) in [6.45, 7) is 2.37. The molecular weight excluding hydrogens is 682 g/mol. The van der Waals surface area contributed by atoms with Crippen LogP contribution in [0, 0.1) is 12.0 Å². The summed E-state index contributed by atoms with van der Waals surface area (Å²) in [4.78, 5) is 13.7. The van der Waals surface area contributed by atoms with Crippen molar-refractivity contribution < 1.29 is 43.5 Å². The molecular formula is C38H38ClNO9S. The number of amides is 1. The first-order chi connectivity index (χ1) is 24.1. The summed E-state index contributed by atoms with van der Waals surface area (Å²) in [5.74, 6) is 4.33. The van der Waals surface area contributed by atoms with Crippen molar-refractivity contribution in [2.75, 3.05) is 35.0 Å². The lowest BCUT2D eigenvalue weighted by atomic mass is 9.91. The van der Waals surface area contributed by atoms with Gasteiger partial charge in [-0.1, -0.05) is 47.5 Å². The van der Waals surface area contributed by atoms with Crippen LogP contribution in [-0.2, 0) is 11.2 Å². The van der Waals surface area contributed by atoms with Gasteiger partial charge in [-0.05, 0) is 79.1 Å². The van der Waals surface area contributed by atoms with Gasteiger partial charge in [-0.2, -0.15) is 0 Å². The Bertz CT molecular complexity index is 1850. The van der Waals surface area contributed by atoms with Crippen molar-refractivity contribution in [3.63, 3.8) is 0 Å². The van der Waals surface area contributed by atoms with Gasteiger partial charge in [-0.3, -0.25) is 10.0 Å². The molecule has 0 radical (unpaired) electrons. The van der Waals surface area contributed by atoms with Crippen LogP contribution in [0.1, 0.15) is 52.4 Å². The van der Waals surface area contributed by atoms with E-state index in [1.165, 1.54) is 23.9 Å². The maximum absolute atomic E-state index is 12.7. The number of rotatable bonds is 12. The van der Waals surface area contributed by atoms with Crippen molar-refractivity contribution in [3.05, 3.63) is 100 Å². The Labute approximate surface area is 300 Å². The van der Waals surface area contributed by atoms with E-state index < -0.39 is 5.91 Å². The van der Waals surface area contributed by atoms with Gasteiger partial charge in [0.2, 0.25) is 5.75 Å². The summed E-state index contributed by atoms with van der Waals surface area (Å²) in [7, 11) is 6.28. The second kappa shape index (κ2) is 16.8. The van der Waals surface area contributed by atoms with Gasteiger partial charge in [0.1, 0.15) is 11.2 Å². The number of halogens is 1. The Balaban J connectivity index is 1.44. The molecule has 3 atom stereocenters. The number of methoxy groups -OCH3 is 4. The highest BCUT2D eigenvalue weighted by molar-refractivity contribution is 7.99. The van der Waals surface area contributed by atoms with E-state index in [9.17, 15) is 15.1 Å². The summed E-state index contributed by atoms with van der Waals surface area (Å²) in [5.41, 5.74) is 2.12. The predicted octanol–water partition coefficient (Wildman–Crippen LogP) is 7.88.